The zero-order valence-electron chi connectivity index (χ0n) is 8.97. The molecule has 0 heterocycles. The molecule has 0 atom stereocenters. The Hall–Kier alpha value is 0.310. The summed E-state index contributed by atoms with van der Waals surface area (Å²) < 4.78 is 2.08. The molecule has 1 aromatic rings. The molecule has 18 heavy (non-hydrogen) atoms. The van der Waals surface area contributed by atoms with Gasteiger partial charge in [0.25, 0.3) is 5.91 Å². The molecule has 5 nitrogen and oxygen atoms in total. The van der Waals surface area contributed by atoms with Crippen LogP contribution < -0.4 is 11.1 Å². The van der Waals surface area contributed by atoms with Crippen LogP contribution in [0, 0.1) is 10.7 Å². The Balaban J connectivity index is 3.33. The van der Waals surface area contributed by atoms with Gasteiger partial charge < -0.3 is 16.2 Å². The fourth-order valence-electron chi connectivity index (χ4n) is 1.24. The SMILES string of the molecule is NC(=O)c1cc(I)c(I)c(C(=O)NCCO)c1I. The van der Waals surface area contributed by atoms with Crippen molar-refractivity contribution in [1.29, 1.82) is 0 Å². The second kappa shape index (κ2) is 7.19. The first kappa shape index (κ1) is 16.4. The van der Waals surface area contributed by atoms with Crippen LogP contribution in [0.25, 0.3) is 0 Å². The molecule has 2 amide bonds. The number of amides is 2. The predicted octanol–water partition coefficient (Wildman–Crippen LogP) is 1.32. The summed E-state index contributed by atoms with van der Waals surface area (Å²) in [5, 5.41) is 11.3. The third-order valence-corrected chi connectivity index (χ3v) is 6.17. The van der Waals surface area contributed by atoms with Gasteiger partial charge >= 0.3 is 0 Å². The van der Waals surface area contributed by atoms with E-state index in [1.54, 1.807) is 6.07 Å². The number of carbonyl (C=O) groups is 2. The maximum Gasteiger partial charge on any atom is 0.253 e. The minimum Gasteiger partial charge on any atom is -0.395 e. The molecule has 8 heteroatoms. The minimum atomic E-state index is -0.565. The molecule has 0 saturated carbocycles. The van der Waals surface area contributed by atoms with Crippen molar-refractivity contribution in [2.45, 2.75) is 0 Å². The number of halogens is 3. The van der Waals surface area contributed by atoms with E-state index in [-0.39, 0.29) is 19.1 Å². The van der Waals surface area contributed by atoms with Crippen molar-refractivity contribution in [2.75, 3.05) is 13.2 Å². The summed E-state index contributed by atoms with van der Waals surface area (Å²) in [5.41, 5.74) is 6.03. The Bertz CT molecular complexity index is 506. The molecule has 0 aliphatic rings. The summed E-state index contributed by atoms with van der Waals surface area (Å²) in [7, 11) is 0. The van der Waals surface area contributed by atoms with Crippen molar-refractivity contribution in [3.05, 3.63) is 27.9 Å². The van der Waals surface area contributed by atoms with Crippen LogP contribution in [0.15, 0.2) is 6.07 Å². The lowest BCUT2D eigenvalue weighted by Crippen LogP contribution is -2.29. The highest BCUT2D eigenvalue weighted by atomic mass is 127. The van der Waals surface area contributed by atoms with E-state index < -0.39 is 5.91 Å². The van der Waals surface area contributed by atoms with Crippen LogP contribution in [0.3, 0.4) is 0 Å². The van der Waals surface area contributed by atoms with Gasteiger partial charge in [0, 0.05) is 17.3 Å². The number of aliphatic hydroxyl groups is 1. The lowest BCUT2D eigenvalue weighted by molar-refractivity contribution is 0.0943. The van der Waals surface area contributed by atoms with Gasteiger partial charge in [-0.1, -0.05) is 0 Å². The Morgan fingerprint density at radius 3 is 2.39 bits per heavy atom. The van der Waals surface area contributed by atoms with Gasteiger partial charge in [0.05, 0.1) is 17.7 Å². The zero-order valence-corrected chi connectivity index (χ0v) is 15.4. The summed E-state index contributed by atoms with van der Waals surface area (Å²) in [5.74, 6) is -0.885. The molecular formula is C10H9I3N2O3. The highest BCUT2D eigenvalue weighted by Crippen LogP contribution is 2.27. The van der Waals surface area contributed by atoms with Crippen molar-refractivity contribution in [3.63, 3.8) is 0 Å². The van der Waals surface area contributed by atoms with Crippen molar-refractivity contribution < 1.29 is 14.7 Å². The average Bonchev–Trinajstić information content (AvgIpc) is 2.31. The first-order valence-electron chi connectivity index (χ1n) is 4.76. The largest absolute Gasteiger partial charge is 0.395 e. The lowest BCUT2D eigenvalue weighted by atomic mass is 10.1. The highest BCUT2D eigenvalue weighted by Gasteiger charge is 2.21. The molecule has 98 valence electrons. The van der Waals surface area contributed by atoms with Gasteiger partial charge in [-0.05, 0) is 73.8 Å². The van der Waals surface area contributed by atoms with Gasteiger partial charge in [0.15, 0.2) is 0 Å². The monoisotopic (exact) mass is 586 g/mol. The van der Waals surface area contributed by atoms with Crippen LogP contribution in [-0.4, -0.2) is 30.1 Å². The van der Waals surface area contributed by atoms with Crippen LogP contribution in [0.4, 0.5) is 0 Å². The Kier molecular flexibility index (Phi) is 6.54. The maximum atomic E-state index is 12.0. The van der Waals surface area contributed by atoms with Crippen LogP contribution >= 0.6 is 67.8 Å². The number of hydrogen-bond donors (Lipinski definition) is 3. The summed E-state index contributed by atoms with van der Waals surface area (Å²) in [6.07, 6.45) is 0. The van der Waals surface area contributed by atoms with Gasteiger partial charge in [-0.3, -0.25) is 9.59 Å². The molecule has 0 aromatic heterocycles. The Morgan fingerprint density at radius 2 is 1.89 bits per heavy atom. The summed E-state index contributed by atoms with van der Waals surface area (Å²) in [6, 6.07) is 1.66. The van der Waals surface area contributed by atoms with Gasteiger partial charge in [-0.25, -0.2) is 0 Å². The number of rotatable bonds is 4. The standard InChI is InChI=1S/C10H9I3N2O3/c11-5-3-4(9(14)17)7(12)6(8(5)13)10(18)15-1-2-16/h3,16H,1-2H2,(H2,14,17)(H,15,18). The molecule has 0 aliphatic carbocycles. The van der Waals surface area contributed by atoms with Gasteiger partial charge in [-0.15, -0.1) is 0 Å². The number of benzene rings is 1. The van der Waals surface area contributed by atoms with Crippen LogP contribution in [-0.2, 0) is 0 Å². The van der Waals surface area contributed by atoms with Crippen molar-refractivity contribution in [3.8, 4) is 0 Å². The van der Waals surface area contributed by atoms with E-state index in [9.17, 15) is 9.59 Å². The van der Waals surface area contributed by atoms with Gasteiger partial charge in [0.1, 0.15) is 0 Å². The van der Waals surface area contributed by atoms with E-state index in [4.69, 9.17) is 10.8 Å². The zero-order chi connectivity index (χ0) is 13.9. The number of nitrogens with two attached hydrogens (primary N) is 1. The molecule has 0 radical (unpaired) electrons. The normalized spacial score (nSPS) is 10.2. The van der Waals surface area contributed by atoms with E-state index in [0.717, 1.165) is 7.14 Å². The van der Waals surface area contributed by atoms with Crippen molar-refractivity contribution in [2.24, 2.45) is 5.73 Å². The molecule has 1 aromatic carbocycles. The fraction of sp³-hybridized carbons (Fsp3) is 0.200. The molecule has 4 N–H and O–H groups in total. The second-order valence-corrected chi connectivity index (χ2v) is 6.57. The fourth-order valence-corrected chi connectivity index (χ4v) is 3.94. The third-order valence-electron chi connectivity index (χ3n) is 2.05. The van der Waals surface area contributed by atoms with Crippen molar-refractivity contribution in [1.82, 2.24) is 5.32 Å². The van der Waals surface area contributed by atoms with Crippen LogP contribution in [0.2, 0.25) is 0 Å². The number of aliphatic hydroxyl groups excluding tert-OH is 1. The topological polar surface area (TPSA) is 92.4 Å². The minimum absolute atomic E-state index is 0.133. The molecule has 0 bridgehead atoms. The van der Waals surface area contributed by atoms with Gasteiger partial charge in [-0.2, -0.15) is 0 Å². The van der Waals surface area contributed by atoms with E-state index >= 15 is 0 Å². The van der Waals surface area contributed by atoms with Gasteiger partial charge in [0.2, 0.25) is 5.91 Å². The second-order valence-electron chi connectivity index (χ2n) is 3.25. The summed E-state index contributed by atoms with van der Waals surface area (Å²) in [6.45, 7) is 0.0356. The van der Waals surface area contributed by atoms with E-state index in [1.807, 2.05) is 67.8 Å². The number of hydrogen-bond acceptors (Lipinski definition) is 3. The first-order valence-corrected chi connectivity index (χ1v) is 8.00. The molecule has 0 aliphatic heterocycles. The Morgan fingerprint density at radius 1 is 1.28 bits per heavy atom. The number of primary amides is 1. The smallest absolute Gasteiger partial charge is 0.253 e. The summed E-state index contributed by atoms with van der Waals surface area (Å²) in [4.78, 5) is 23.3. The highest BCUT2D eigenvalue weighted by molar-refractivity contribution is 14.1. The number of nitrogens with one attached hydrogen (secondary N) is 1. The first-order chi connectivity index (χ1) is 8.40. The van der Waals surface area contributed by atoms with E-state index in [0.29, 0.717) is 14.7 Å². The molecule has 0 spiro atoms. The lowest BCUT2D eigenvalue weighted by Gasteiger charge is -2.12. The summed E-state index contributed by atoms with van der Waals surface area (Å²) >= 11 is 6.03. The quantitative estimate of drug-likeness (QED) is 0.368. The third kappa shape index (κ3) is 3.66. The molecular weight excluding hydrogens is 577 g/mol. The van der Waals surface area contributed by atoms with E-state index in [1.165, 1.54) is 0 Å². The van der Waals surface area contributed by atoms with Crippen LogP contribution in [0.5, 0.6) is 0 Å². The number of carbonyl (C=O) groups excluding carboxylic acids is 2. The van der Waals surface area contributed by atoms with Crippen LogP contribution in [0.1, 0.15) is 20.7 Å². The molecule has 0 unspecified atom stereocenters. The molecule has 0 fully saturated rings. The Labute approximate surface area is 145 Å². The van der Waals surface area contributed by atoms with Crippen molar-refractivity contribution >= 4 is 79.6 Å². The predicted molar refractivity (Wildman–Crippen MR) is 92.5 cm³/mol. The molecule has 0 saturated heterocycles. The average molecular weight is 586 g/mol. The molecule has 1 rings (SSSR count). The van der Waals surface area contributed by atoms with E-state index in [2.05, 4.69) is 5.32 Å². The maximum absolute atomic E-state index is 12.0.